The summed E-state index contributed by atoms with van der Waals surface area (Å²) < 4.78 is 0. The molecule has 0 fully saturated rings. The zero-order valence-electron chi connectivity index (χ0n) is 23.4. The van der Waals surface area contributed by atoms with Gasteiger partial charge in [-0.05, 0) is 5.92 Å². The van der Waals surface area contributed by atoms with Crippen LogP contribution in [0.2, 0.25) is 0 Å². The van der Waals surface area contributed by atoms with E-state index in [1.807, 2.05) is 0 Å². The van der Waals surface area contributed by atoms with Gasteiger partial charge in [0, 0.05) is 0 Å². The van der Waals surface area contributed by atoms with E-state index in [-0.39, 0.29) is 0 Å². The minimum Gasteiger partial charge on any atom is -0.0654 e. The van der Waals surface area contributed by atoms with E-state index in [9.17, 15) is 0 Å². The van der Waals surface area contributed by atoms with Crippen LogP contribution in [0.25, 0.3) is 0 Å². The summed E-state index contributed by atoms with van der Waals surface area (Å²) in [4.78, 5) is 0. The Labute approximate surface area is 206 Å². The summed E-state index contributed by atoms with van der Waals surface area (Å²) >= 11 is 0. The minimum absolute atomic E-state index is 1.04. The van der Waals surface area contributed by atoms with Gasteiger partial charge in [-0.25, -0.2) is 0 Å². The Morgan fingerprint density at radius 1 is 0.250 bits per heavy atom. The summed E-state index contributed by atoms with van der Waals surface area (Å²) in [6.45, 7) is 6.96. The van der Waals surface area contributed by atoms with E-state index in [4.69, 9.17) is 0 Å². The van der Waals surface area contributed by atoms with E-state index in [0.717, 1.165) is 5.92 Å². The van der Waals surface area contributed by atoms with Crippen molar-refractivity contribution in [3.63, 3.8) is 0 Å². The van der Waals surface area contributed by atoms with Gasteiger partial charge in [0.1, 0.15) is 0 Å². The maximum absolute atomic E-state index is 2.33. The molecular formula is C32H66. The summed E-state index contributed by atoms with van der Waals surface area (Å²) in [5.74, 6) is 1.04. The fourth-order valence-corrected chi connectivity index (χ4v) is 5.31. The largest absolute Gasteiger partial charge is 0.0654 e. The van der Waals surface area contributed by atoms with Crippen molar-refractivity contribution >= 4 is 0 Å². The van der Waals surface area contributed by atoms with Gasteiger partial charge in [0.05, 0.1) is 0 Å². The van der Waals surface area contributed by atoms with E-state index >= 15 is 0 Å². The first kappa shape index (κ1) is 32.0. The van der Waals surface area contributed by atoms with E-state index in [0.29, 0.717) is 0 Å². The van der Waals surface area contributed by atoms with Crippen molar-refractivity contribution in [1.82, 2.24) is 0 Å². The highest BCUT2D eigenvalue weighted by atomic mass is 14.1. The molecule has 0 spiro atoms. The standard InChI is InChI=1S/C32H66/c1-4-7-10-13-15-17-18-19-20-22-25-28-31-32(29-26-23-12-9-6-3)30-27-24-21-16-14-11-8-5-2/h32H,4-31H2,1-3H3. The molecule has 0 nitrogen and oxygen atoms in total. The fourth-order valence-electron chi connectivity index (χ4n) is 5.31. The van der Waals surface area contributed by atoms with Crippen LogP contribution in [0.3, 0.4) is 0 Å². The molecule has 0 aliphatic heterocycles. The molecule has 0 amide bonds. The third-order valence-electron chi connectivity index (χ3n) is 7.65. The first-order valence-electron chi connectivity index (χ1n) is 15.8. The zero-order chi connectivity index (χ0) is 23.4. The topological polar surface area (TPSA) is 0 Å². The van der Waals surface area contributed by atoms with Gasteiger partial charge in [0.2, 0.25) is 0 Å². The van der Waals surface area contributed by atoms with Crippen molar-refractivity contribution in [1.29, 1.82) is 0 Å². The Kier molecular flexibility index (Phi) is 29.0. The predicted molar refractivity (Wildman–Crippen MR) is 150 cm³/mol. The fraction of sp³-hybridized carbons (Fsp3) is 1.00. The van der Waals surface area contributed by atoms with Gasteiger partial charge in [-0.3, -0.25) is 0 Å². The van der Waals surface area contributed by atoms with Crippen molar-refractivity contribution in [3.05, 3.63) is 0 Å². The summed E-state index contributed by atoms with van der Waals surface area (Å²) in [6, 6.07) is 0. The second kappa shape index (κ2) is 29.0. The average Bonchev–Trinajstić information content (AvgIpc) is 2.80. The van der Waals surface area contributed by atoms with Crippen LogP contribution in [0.5, 0.6) is 0 Å². The lowest BCUT2D eigenvalue weighted by atomic mass is 9.89. The molecule has 32 heavy (non-hydrogen) atoms. The molecule has 0 aromatic rings. The molecule has 194 valence electrons. The van der Waals surface area contributed by atoms with E-state index in [2.05, 4.69) is 20.8 Å². The molecule has 0 aliphatic rings. The molecule has 0 saturated carbocycles. The van der Waals surface area contributed by atoms with Gasteiger partial charge in [0.25, 0.3) is 0 Å². The van der Waals surface area contributed by atoms with Crippen molar-refractivity contribution in [2.75, 3.05) is 0 Å². The predicted octanol–water partition coefficient (Wildman–Crippen LogP) is 12.6. The molecule has 0 saturated heterocycles. The maximum atomic E-state index is 2.33. The zero-order valence-corrected chi connectivity index (χ0v) is 23.4. The van der Waals surface area contributed by atoms with Gasteiger partial charge < -0.3 is 0 Å². The second-order valence-corrected chi connectivity index (χ2v) is 11.0. The maximum Gasteiger partial charge on any atom is -0.0414 e. The van der Waals surface area contributed by atoms with Gasteiger partial charge in [-0.1, -0.05) is 201 Å². The van der Waals surface area contributed by atoms with Crippen LogP contribution < -0.4 is 0 Å². The van der Waals surface area contributed by atoms with Crippen molar-refractivity contribution < 1.29 is 0 Å². The summed E-state index contributed by atoms with van der Waals surface area (Å²) in [7, 11) is 0. The highest BCUT2D eigenvalue weighted by Crippen LogP contribution is 2.25. The molecule has 0 rings (SSSR count). The molecule has 0 N–H and O–H groups in total. The molecule has 0 heterocycles. The Balaban J connectivity index is 3.71. The molecule has 1 unspecified atom stereocenters. The number of hydrogen-bond donors (Lipinski definition) is 0. The molecule has 0 aromatic heterocycles. The molecule has 0 radical (unpaired) electrons. The van der Waals surface area contributed by atoms with Crippen LogP contribution in [0, 0.1) is 5.92 Å². The van der Waals surface area contributed by atoms with E-state index in [1.54, 1.807) is 0 Å². The van der Waals surface area contributed by atoms with E-state index < -0.39 is 0 Å². The van der Waals surface area contributed by atoms with Crippen LogP contribution in [0.1, 0.15) is 201 Å². The van der Waals surface area contributed by atoms with Gasteiger partial charge in [-0.15, -0.1) is 0 Å². The van der Waals surface area contributed by atoms with Gasteiger partial charge in [0.15, 0.2) is 0 Å². The van der Waals surface area contributed by atoms with Crippen molar-refractivity contribution in [2.45, 2.75) is 201 Å². The molecular weight excluding hydrogens is 384 g/mol. The number of hydrogen-bond acceptors (Lipinski definition) is 0. The monoisotopic (exact) mass is 451 g/mol. The third-order valence-corrected chi connectivity index (χ3v) is 7.65. The number of unbranched alkanes of at least 4 members (excludes halogenated alkanes) is 22. The lowest BCUT2D eigenvalue weighted by Gasteiger charge is -2.17. The smallest absolute Gasteiger partial charge is 0.0414 e. The third kappa shape index (κ3) is 26.3. The van der Waals surface area contributed by atoms with Crippen LogP contribution in [-0.2, 0) is 0 Å². The normalized spacial score (nSPS) is 12.5. The first-order chi connectivity index (χ1) is 15.8. The Bertz CT molecular complexity index is 307. The van der Waals surface area contributed by atoms with Crippen LogP contribution >= 0.6 is 0 Å². The minimum atomic E-state index is 1.04. The molecule has 1 atom stereocenters. The van der Waals surface area contributed by atoms with Crippen LogP contribution in [0.15, 0.2) is 0 Å². The average molecular weight is 451 g/mol. The van der Waals surface area contributed by atoms with E-state index in [1.165, 1.54) is 180 Å². The molecule has 0 aliphatic carbocycles. The van der Waals surface area contributed by atoms with Crippen LogP contribution in [-0.4, -0.2) is 0 Å². The first-order valence-corrected chi connectivity index (χ1v) is 15.8. The van der Waals surface area contributed by atoms with Crippen molar-refractivity contribution in [2.24, 2.45) is 5.92 Å². The van der Waals surface area contributed by atoms with Crippen LogP contribution in [0.4, 0.5) is 0 Å². The lowest BCUT2D eigenvalue weighted by Crippen LogP contribution is -2.01. The highest BCUT2D eigenvalue weighted by molar-refractivity contribution is 4.62. The Morgan fingerprint density at radius 3 is 0.656 bits per heavy atom. The van der Waals surface area contributed by atoms with Crippen molar-refractivity contribution in [3.8, 4) is 0 Å². The van der Waals surface area contributed by atoms with Gasteiger partial charge in [-0.2, -0.15) is 0 Å². The highest BCUT2D eigenvalue weighted by Gasteiger charge is 2.08. The number of rotatable bonds is 28. The second-order valence-electron chi connectivity index (χ2n) is 11.0. The quantitative estimate of drug-likeness (QED) is 0.104. The molecule has 0 heteroatoms. The summed E-state index contributed by atoms with van der Waals surface area (Å²) in [5, 5.41) is 0. The van der Waals surface area contributed by atoms with Gasteiger partial charge >= 0.3 is 0 Å². The molecule has 0 bridgehead atoms. The molecule has 0 aromatic carbocycles. The summed E-state index contributed by atoms with van der Waals surface area (Å²) in [5.41, 5.74) is 0. The lowest BCUT2D eigenvalue weighted by molar-refractivity contribution is 0.365. The Morgan fingerprint density at radius 2 is 0.438 bits per heavy atom. The SMILES string of the molecule is CCCCCCCCCCCCCCC(CCCCCCC)CCCCCCCCCC. The Hall–Kier alpha value is 0. The summed E-state index contributed by atoms with van der Waals surface area (Å²) in [6.07, 6.45) is 41.3.